The number of carbonyl (C=O) groups is 1. The van der Waals surface area contributed by atoms with Crippen LogP contribution in [0.2, 0.25) is 0 Å². The molecule has 0 bridgehead atoms. The Morgan fingerprint density at radius 3 is 2.62 bits per heavy atom. The third kappa shape index (κ3) is 3.57. The van der Waals surface area contributed by atoms with E-state index in [1.165, 1.54) is 21.5 Å². The van der Waals surface area contributed by atoms with Crippen LogP contribution in [0.1, 0.15) is 35.6 Å². The number of nitrogens with one attached hydrogen (secondary N) is 1. The van der Waals surface area contributed by atoms with E-state index < -0.39 is 5.56 Å². The summed E-state index contributed by atoms with van der Waals surface area (Å²) in [6, 6.07) is 11.5. The van der Waals surface area contributed by atoms with E-state index in [0.29, 0.717) is 22.3 Å². The molecule has 1 fully saturated rings. The minimum Gasteiger partial charge on any atom is -0.324 e. The molecule has 8 heteroatoms. The summed E-state index contributed by atoms with van der Waals surface area (Å²) in [4.78, 5) is 26.1. The topological polar surface area (TPSA) is 81.8 Å². The quantitative estimate of drug-likeness (QED) is 0.520. The van der Waals surface area contributed by atoms with Crippen molar-refractivity contribution in [3.05, 3.63) is 81.7 Å². The molecule has 5 rings (SSSR count). The molecule has 1 aliphatic carbocycles. The van der Waals surface area contributed by atoms with Crippen molar-refractivity contribution in [2.75, 3.05) is 5.32 Å². The standard InChI is InChI=1S/C24H22FN5O2/c1-14-4-3-5-20(15(14)2)27-21(31)13-29-24(32)23-19(22(28-29)16-6-7-16)12-26-30(23)18-10-8-17(25)9-11-18/h3-5,8-12,16H,6-7,13H2,1-2H3,(H,27,31). The zero-order chi connectivity index (χ0) is 22.4. The van der Waals surface area contributed by atoms with Crippen LogP contribution in [0.25, 0.3) is 16.6 Å². The number of hydrogen-bond donors (Lipinski definition) is 1. The maximum Gasteiger partial charge on any atom is 0.293 e. The third-order valence-corrected chi connectivity index (χ3v) is 5.92. The SMILES string of the molecule is Cc1cccc(NC(=O)Cn2nc(C3CC3)c3cnn(-c4ccc(F)cc4)c3c2=O)c1C. The van der Waals surface area contributed by atoms with Gasteiger partial charge in [-0.15, -0.1) is 0 Å². The number of aromatic nitrogens is 4. The van der Waals surface area contributed by atoms with E-state index in [9.17, 15) is 14.0 Å². The first-order valence-corrected chi connectivity index (χ1v) is 10.5. The van der Waals surface area contributed by atoms with E-state index in [-0.39, 0.29) is 24.2 Å². The fourth-order valence-corrected chi connectivity index (χ4v) is 3.85. The molecule has 0 aliphatic heterocycles. The smallest absolute Gasteiger partial charge is 0.293 e. The number of nitrogens with zero attached hydrogens (tertiary/aromatic N) is 4. The van der Waals surface area contributed by atoms with Gasteiger partial charge in [0.05, 0.1) is 17.6 Å². The number of fused-ring (bicyclic) bond motifs is 1. The van der Waals surface area contributed by atoms with E-state index in [1.54, 1.807) is 18.3 Å². The van der Waals surface area contributed by atoms with Gasteiger partial charge in [0, 0.05) is 17.0 Å². The Kier molecular flexibility index (Phi) is 4.84. The molecule has 4 aromatic rings. The Morgan fingerprint density at radius 1 is 1.16 bits per heavy atom. The minimum atomic E-state index is -0.415. The van der Waals surface area contributed by atoms with Crippen molar-refractivity contribution in [3.63, 3.8) is 0 Å². The summed E-state index contributed by atoms with van der Waals surface area (Å²) in [6.07, 6.45) is 3.59. The van der Waals surface area contributed by atoms with Crippen LogP contribution < -0.4 is 10.9 Å². The fourth-order valence-electron chi connectivity index (χ4n) is 3.85. The second kappa shape index (κ2) is 7.71. The summed E-state index contributed by atoms with van der Waals surface area (Å²) in [6.45, 7) is 3.70. The molecule has 2 heterocycles. The Balaban J connectivity index is 1.56. The van der Waals surface area contributed by atoms with Crippen LogP contribution in [0, 0.1) is 19.7 Å². The molecule has 1 aliphatic rings. The molecule has 1 N–H and O–H groups in total. The molecular formula is C24H22FN5O2. The van der Waals surface area contributed by atoms with Crippen molar-refractivity contribution in [1.29, 1.82) is 0 Å². The summed E-state index contributed by atoms with van der Waals surface area (Å²) in [5, 5.41) is 12.5. The monoisotopic (exact) mass is 431 g/mol. The van der Waals surface area contributed by atoms with Gasteiger partial charge in [0.1, 0.15) is 17.9 Å². The molecular weight excluding hydrogens is 409 g/mol. The van der Waals surface area contributed by atoms with E-state index in [0.717, 1.165) is 29.7 Å². The first-order chi connectivity index (χ1) is 15.4. The molecule has 0 spiro atoms. The molecule has 2 aromatic carbocycles. The lowest BCUT2D eigenvalue weighted by atomic mass is 10.1. The number of anilines is 1. The molecule has 1 amide bonds. The predicted octanol–water partition coefficient (Wildman–Crippen LogP) is 3.85. The van der Waals surface area contributed by atoms with Gasteiger partial charge in [0.25, 0.3) is 5.56 Å². The first-order valence-electron chi connectivity index (χ1n) is 10.5. The van der Waals surface area contributed by atoms with Gasteiger partial charge in [-0.3, -0.25) is 9.59 Å². The van der Waals surface area contributed by atoms with Crippen LogP contribution in [0.15, 0.2) is 53.5 Å². The number of amides is 1. The van der Waals surface area contributed by atoms with Crippen molar-refractivity contribution in [2.45, 2.75) is 39.2 Å². The lowest BCUT2D eigenvalue weighted by Crippen LogP contribution is -2.31. The van der Waals surface area contributed by atoms with Crippen molar-refractivity contribution in [1.82, 2.24) is 19.6 Å². The number of carbonyl (C=O) groups excluding carboxylic acids is 1. The highest BCUT2D eigenvalue weighted by Crippen LogP contribution is 2.41. The minimum absolute atomic E-state index is 0.212. The number of halogens is 1. The third-order valence-electron chi connectivity index (χ3n) is 5.92. The molecule has 0 unspecified atom stereocenters. The summed E-state index contributed by atoms with van der Waals surface area (Å²) < 4.78 is 16.1. The largest absolute Gasteiger partial charge is 0.324 e. The second-order valence-corrected chi connectivity index (χ2v) is 8.21. The maximum atomic E-state index is 13.4. The predicted molar refractivity (Wildman–Crippen MR) is 120 cm³/mol. The molecule has 0 saturated heterocycles. The van der Waals surface area contributed by atoms with Crippen LogP contribution in [0.4, 0.5) is 10.1 Å². The summed E-state index contributed by atoms with van der Waals surface area (Å²) >= 11 is 0. The normalized spacial score (nSPS) is 13.5. The van der Waals surface area contributed by atoms with Crippen molar-refractivity contribution in [3.8, 4) is 5.69 Å². The van der Waals surface area contributed by atoms with Crippen LogP contribution in [0.5, 0.6) is 0 Å². The van der Waals surface area contributed by atoms with E-state index in [4.69, 9.17) is 0 Å². The number of aryl methyl sites for hydroxylation is 1. The summed E-state index contributed by atoms with van der Waals surface area (Å²) in [5.41, 5.74) is 4.02. The highest BCUT2D eigenvalue weighted by atomic mass is 19.1. The van der Waals surface area contributed by atoms with Crippen molar-refractivity contribution in [2.24, 2.45) is 0 Å². The van der Waals surface area contributed by atoms with Gasteiger partial charge in [-0.1, -0.05) is 12.1 Å². The van der Waals surface area contributed by atoms with Gasteiger partial charge in [-0.05, 0) is 68.1 Å². The van der Waals surface area contributed by atoms with Gasteiger partial charge in [-0.2, -0.15) is 10.2 Å². The zero-order valence-electron chi connectivity index (χ0n) is 17.8. The number of benzene rings is 2. The molecule has 0 atom stereocenters. The van der Waals surface area contributed by atoms with E-state index >= 15 is 0 Å². The molecule has 32 heavy (non-hydrogen) atoms. The Hall–Kier alpha value is -3.81. The average Bonchev–Trinajstić information content (AvgIpc) is 3.52. The van der Waals surface area contributed by atoms with Gasteiger partial charge in [-0.25, -0.2) is 13.8 Å². The highest BCUT2D eigenvalue weighted by molar-refractivity contribution is 5.91. The van der Waals surface area contributed by atoms with Gasteiger partial charge >= 0.3 is 0 Å². The van der Waals surface area contributed by atoms with E-state index in [2.05, 4.69) is 15.5 Å². The van der Waals surface area contributed by atoms with Crippen LogP contribution in [0.3, 0.4) is 0 Å². The summed E-state index contributed by atoms with van der Waals surface area (Å²) in [7, 11) is 0. The maximum absolute atomic E-state index is 13.4. The van der Waals surface area contributed by atoms with Crippen molar-refractivity contribution >= 4 is 22.5 Å². The van der Waals surface area contributed by atoms with Crippen molar-refractivity contribution < 1.29 is 9.18 Å². The molecule has 2 aromatic heterocycles. The zero-order valence-corrected chi connectivity index (χ0v) is 17.8. The summed E-state index contributed by atoms with van der Waals surface area (Å²) in [5.74, 6) is -0.453. The Labute approximate surface area is 183 Å². The van der Waals surface area contributed by atoms with Crippen LogP contribution in [-0.4, -0.2) is 25.5 Å². The molecule has 162 valence electrons. The Bertz CT molecular complexity index is 1400. The lowest BCUT2D eigenvalue weighted by Gasteiger charge is -2.12. The average molecular weight is 431 g/mol. The second-order valence-electron chi connectivity index (χ2n) is 8.21. The molecule has 0 radical (unpaired) electrons. The molecule has 7 nitrogen and oxygen atoms in total. The van der Waals surface area contributed by atoms with Gasteiger partial charge < -0.3 is 5.32 Å². The fraction of sp³-hybridized carbons (Fsp3) is 0.250. The van der Waals surface area contributed by atoms with Gasteiger partial charge in [0.15, 0.2) is 0 Å². The highest BCUT2D eigenvalue weighted by Gasteiger charge is 2.30. The van der Waals surface area contributed by atoms with Gasteiger partial charge in [0.2, 0.25) is 5.91 Å². The number of rotatable bonds is 5. The Morgan fingerprint density at radius 2 is 1.91 bits per heavy atom. The lowest BCUT2D eigenvalue weighted by molar-refractivity contribution is -0.117. The first kappa shape index (κ1) is 20.1. The number of hydrogen-bond acceptors (Lipinski definition) is 4. The van der Waals surface area contributed by atoms with Crippen LogP contribution in [-0.2, 0) is 11.3 Å². The van der Waals surface area contributed by atoms with Crippen LogP contribution >= 0.6 is 0 Å². The molecule has 1 saturated carbocycles. The van der Waals surface area contributed by atoms with E-state index in [1.807, 2.05) is 32.0 Å².